The number of aryl methyl sites for hydroxylation is 1. The van der Waals surface area contributed by atoms with Crippen molar-refractivity contribution in [1.29, 1.82) is 5.41 Å². The number of halogens is 3. The summed E-state index contributed by atoms with van der Waals surface area (Å²) < 4.78 is 37.6. The lowest BCUT2D eigenvalue weighted by atomic mass is 9.87. The molecule has 2 atom stereocenters. The molecule has 2 fully saturated rings. The molecule has 1 aromatic carbocycles. The van der Waals surface area contributed by atoms with Crippen molar-refractivity contribution < 1.29 is 27.6 Å². The maximum absolute atomic E-state index is 12.5. The van der Waals surface area contributed by atoms with Gasteiger partial charge in [0.2, 0.25) is 11.8 Å². The summed E-state index contributed by atoms with van der Waals surface area (Å²) in [5, 5.41) is 13.0. The summed E-state index contributed by atoms with van der Waals surface area (Å²) in [6.07, 6.45) is 3.40. The van der Waals surface area contributed by atoms with Crippen LogP contribution in [0, 0.1) is 12.3 Å². The van der Waals surface area contributed by atoms with E-state index in [2.05, 4.69) is 10.6 Å². The number of rotatable bonds is 4. The summed E-state index contributed by atoms with van der Waals surface area (Å²) in [4.78, 5) is 36.8. The molecule has 39 heavy (non-hydrogen) atoms. The molecule has 4 aliphatic rings. The molecule has 2 heterocycles. The van der Waals surface area contributed by atoms with Gasteiger partial charge >= 0.3 is 6.18 Å². The van der Waals surface area contributed by atoms with Gasteiger partial charge in [0.1, 0.15) is 11.8 Å². The number of nitrogens with two attached hydrogens (primary N) is 1. The lowest BCUT2D eigenvalue weighted by Gasteiger charge is -2.32. The number of hydrogen-bond acceptors (Lipinski definition) is 6. The van der Waals surface area contributed by atoms with Crippen LogP contribution in [-0.2, 0) is 16.1 Å². The fraction of sp³-hybridized carbons (Fsp3) is 0.571. The highest BCUT2D eigenvalue weighted by Crippen LogP contribution is 2.31. The Bertz CT molecular complexity index is 1170. The quantitative estimate of drug-likeness (QED) is 0.335. The summed E-state index contributed by atoms with van der Waals surface area (Å²) in [5.74, 6) is -0.750. The predicted octanol–water partition coefficient (Wildman–Crippen LogP) is 4.01. The van der Waals surface area contributed by atoms with E-state index in [4.69, 9.17) is 11.1 Å². The van der Waals surface area contributed by atoms with Gasteiger partial charge in [-0.25, -0.2) is 0 Å². The number of imide groups is 1. The highest BCUT2D eigenvalue weighted by molar-refractivity contribution is 6.05. The number of carbonyl (C=O) groups is 3. The van der Waals surface area contributed by atoms with Crippen molar-refractivity contribution in [3.05, 3.63) is 46.2 Å². The first-order valence-corrected chi connectivity index (χ1v) is 13.6. The molecular formula is C28H36F3N5O3. The molecule has 11 heteroatoms. The zero-order valence-corrected chi connectivity index (χ0v) is 22.1. The van der Waals surface area contributed by atoms with Crippen LogP contribution in [-0.4, -0.2) is 52.6 Å². The Morgan fingerprint density at radius 1 is 1.05 bits per heavy atom. The maximum Gasteiger partial charge on any atom is 0.432 e. The molecule has 2 aliphatic carbocycles. The van der Waals surface area contributed by atoms with Crippen LogP contribution >= 0.6 is 0 Å². The van der Waals surface area contributed by atoms with Gasteiger partial charge in [0, 0.05) is 48.3 Å². The van der Waals surface area contributed by atoms with Crippen LogP contribution in [0.2, 0.25) is 0 Å². The first-order valence-electron chi connectivity index (χ1n) is 13.6. The van der Waals surface area contributed by atoms with Crippen LogP contribution in [0.5, 0.6) is 0 Å². The molecule has 0 radical (unpaired) electrons. The fourth-order valence-corrected chi connectivity index (χ4v) is 5.87. The number of amides is 3. The number of alkyl halides is 3. The molecule has 2 unspecified atom stereocenters. The van der Waals surface area contributed by atoms with Gasteiger partial charge in [0.25, 0.3) is 5.91 Å². The number of piperidine rings is 1. The van der Waals surface area contributed by atoms with Crippen LogP contribution in [0.1, 0.15) is 85.7 Å². The second-order valence-corrected chi connectivity index (χ2v) is 10.9. The second-order valence-electron chi connectivity index (χ2n) is 10.9. The molecular weight excluding hydrogens is 511 g/mol. The lowest BCUT2D eigenvalue weighted by Crippen LogP contribution is -2.52. The highest BCUT2D eigenvalue weighted by Gasteiger charge is 2.40. The summed E-state index contributed by atoms with van der Waals surface area (Å²) in [7, 11) is 0. The average Bonchev–Trinajstić information content (AvgIpc) is 3.19. The zero-order chi connectivity index (χ0) is 28.3. The minimum absolute atomic E-state index is 0.0146. The van der Waals surface area contributed by atoms with Gasteiger partial charge in [-0.05, 0) is 50.7 Å². The first kappa shape index (κ1) is 28.8. The SMILES string of the molecule is Cc1ccc2c(c1)CN(C1CCC(=O)NC1=O)C2=O.N=C(C1=C(N)CC(NC2CCCCC2)CC1)C(F)(F)F. The number of nitrogens with one attached hydrogen (secondary N) is 3. The van der Waals surface area contributed by atoms with Crippen molar-refractivity contribution in [2.24, 2.45) is 5.73 Å². The summed E-state index contributed by atoms with van der Waals surface area (Å²) in [5.41, 5.74) is 7.42. The van der Waals surface area contributed by atoms with E-state index in [9.17, 15) is 27.6 Å². The van der Waals surface area contributed by atoms with Gasteiger partial charge in [-0.3, -0.25) is 25.1 Å². The second kappa shape index (κ2) is 11.9. The summed E-state index contributed by atoms with van der Waals surface area (Å²) in [6, 6.07) is 5.77. The Hall–Kier alpha value is -3.21. The van der Waals surface area contributed by atoms with E-state index >= 15 is 0 Å². The van der Waals surface area contributed by atoms with Gasteiger partial charge in [0.15, 0.2) is 0 Å². The maximum atomic E-state index is 12.5. The van der Waals surface area contributed by atoms with Crippen molar-refractivity contribution in [2.75, 3.05) is 0 Å². The van der Waals surface area contributed by atoms with Gasteiger partial charge in [0.05, 0.1) is 0 Å². The minimum atomic E-state index is -4.59. The van der Waals surface area contributed by atoms with E-state index < -0.39 is 17.9 Å². The van der Waals surface area contributed by atoms with E-state index in [0.717, 1.165) is 24.0 Å². The van der Waals surface area contributed by atoms with Crippen LogP contribution in [0.25, 0.3) is 0 Å². The van der Waals surface area contributed by atoms with E-state index in [1.807, 2.05) is 19.1 Å². The monoisotopic (exact) mass is 547 g/mol. The Balaban J connectivity index is 0.000000181. The fourth-order valence-electron chi connectivity index (χ4n) is 5.87. The third-order valence-corrected chi connectivity index (χ3v) is 7.94. The van der Waals surface area contributed by atoms with Gasteiger partial charge in [-0.1, -0.05) is 37.0 Å². The van der Waals surface area contributed by atoms with E-state index in [1.165, 1.54) is 19.3 Å². The number of nitrogens with zero attached hydrogens (tertiary/aromatic N) is 1. The van der Waals surface area contributed by atoms with Gasteiger partial charge in [-0.2, -0.15) is 13.2 Å². The lowest BCUT2D eigenvalue weighted by molar-refractivity contribution is -0.136. The molecule has 8 nitrogen and oxygen atoms in total. The normalized spacial score (nSPS) is 24.2. The molecule has 0 aromatic heterocycles. The molecule has 1 saturated heterocycles. The third kappa shape index (κ3) is 6.87. The molecule has 2 aliphatic heterocycles. The van der Waals surface area contributed by atoms with Crippen LogP contribution in [0.15, 0.2) is 29.5 Å². The predicted molar refractivity (Wildman–Crippen MR) is 140 cm³/mol. The number of fused-ring (bicyclic) bond motifs is 1. The van der Waals surface area contributed by atoms with E-state index in [-0.39, 0.29) is 47.9 Å². The number of hydrogen-bond donors (Lipinski definition) is 4. The van der Waals surface area contributed by atoms with E-state index in [1.54, 1.807) is 11.0 Å². The summed E-state index contributed by atoms with van der Waals surface area (Å²) >= 11 is 0. The number of allylic oxidation sites excluding steroid dienone is 1. The average molecular weight is 548 g/mol. The van der Waals surface area contributed by atoms with Crippen molar-refractivity contribution >= 4 is 23.4 Å². The van der Waals surface area contributed by atoms with Crippen molar-refractivity contribution in [1.82, 2.24) is 15.5 Å². The van der Waals surface area contributed by atoms with Crippen LogP contribution < -0.4 is 16.4 Å². The molecule has 1 saturated carbocycles. The van der Waals surface area contributed by atoms with Crippen molar-refractivity contribution in [3.8, 4) is 0 Å². The van der Waals surface area contributed by atoms with Crippen LogP contribution in [0.3, 0.4) is 0 Å². The zero-order valence-electron chi connectivity index (χ0n) is 22.1. The molecule has 5 rings (SSSR count). The van der Waals surface area contributed by atoms with Crippen LogP contribution in [0.4, 0.5) is 13.2 Å². The first-order chi connectivity index (χ1) is 18.4. The molecule has 1 aromatic rings. The Labute approximate surface area is 226 Å². The topological polar surface area (TPSA) is 128 Å². The Morgan fingerprint density at radius 3 is 2.41 bits per heavy atom. The highest BCUT2D eigenvalue weighted by atomic mass is 19.4. The standard InChI is InChI=1S/C14H22F3N3.C14H14N2O3/c15-14(16,17)13(19)11-7-6-10(8-12(11)18)20-9-4-2-1-3-5-9;1-8-2-3-10-9(6-8)7-16(14(10)19)11-4-5-12(17)15-13(11)18/h9-10,19-20H,1-8,18H2;2-3,6,11H,4-5,7H2,1H3,(H,15,17,18). The van der Waals surface area contributed by atoms with Crippen molar-refractivity contribution in [2.45, 2.75) is 102 Å². The molecule has 5 N–H and O–H groups in total. The van der Waals surface area contributed by atoms with Crippen molar-refractivity contribution in [3.63, 3.8) is 0 Å². The molecule has 212 valence electrons. The largest absolute Gasteiger partial charge is 0.432 e. The number of carbonyl (C=O) groups excluding carboxylic acids is 3. The smallest absolute Gasteiger partial charge is 0.402 e. The molecule has 0 bridgehead atoms. The van der Waals surface area contributed by atoms with E-state index in [0.29, 0.717) is 37.4 Å². The van der Waals surface area contributed by atoms with Gasteiger partial charge in [-0.15, -0.1) is 0 Å². The van der Waals surface area contributed by atoms with Gasteiger partial charge < -0.3 is 16.0 Å². The molecule has 3 amide bonds. The molecule has 0 spiro atoms. The third-order valence-electron chi connectivity index (χ3n) is 7.94. The Morgan fingerprint density at radius 2 is 1.77 bits per heavy atom. The Kier molecular flexibility index (Phi) is 8.78. The minimum Gasteiger partial charge on any atom is -0.402 e. The number of benzene rings is 1. The summed E-state index contributed by atoms with van der Waals surface area (Å²) in [6.45, 7) is 2.42.